The van der Waals surface area contributed by atoms with Gasteiger partial charge in [-0.05, 0) is 11.6 Å². The van der Waals surface area contributed by atoms with Gasteiger partial charge in [0.25, 0.3) is 0 Å². The van der Waals surface area contributed by atoms with Gasteiger partial charge in [0.1, 0.15) is 12.1 Å². The summed E-state index contributed by atoms with van der Waals surface area (Å²) in [6.45, 7) is 4.67. The molecule has 1 N–H and O–H groups in total. The third kappa shape index (κ3) is 4.67. The Balaban J connectivity index is 1.25. The number of aliphatic hydroxyl groups excluding tert-OH is 1. The molecule has 0 aliphatic carbocycles. The van der Waals surface area contributed by atoms with Gasteiger partial charge in [-0.1, -0.05) is 29.8 Å². The van der Waals surface area contributed by atoms with E-state index < -0.39 is 6.10 Å². The van der Waals surface area contributed by atoms with Crippen LogP contribution in [0.3, 0.4) is 0 Å². The molecule has 1 atom stereocenters. The number of rotatable bonds is 7. The summed E-state index contributed by atoms with van der Waals surface area (Å²) in [5.74, 6) is 0.923. The van der Waals surface area contributed by atoms with E-state index in [0.29, 0.717) is 18.2 Å². The summed E-state index contributed by atoms with van der Waals surface area (Å²) in [4.78, 5) is 13.3. The zero-order valence-corrected chi connectivity index (χ0v) is 17.2. The second kappa shape index (κ2) is 9.04. The molecule has 1 aliphatic rings. The van der Waals surface area contributed by atoms with Crippen LogP contribution in [-0.4, -0.2) is 75.2 Å². The number of aryl methyl sites for hydroxylation is 1. The molecule has 1 aliphatic heterocycles. The van der Waals surface area contributed by atoms with Gasteiger partial charge < -0.3 is 14.7 Å². The molecular weight excluding hydrogens is 392 g/mol. The molecule has 3 aromatic rings. The van der Waals surface area contributed by atoms with Gasteiger partial charge >= 0.3 is 0 Å². The molecular formula is C20H25ClN6O2. The summed E-state index contributed by atoms with van der Waals surface area (Å²) >= 11 is 6.13. The number of benzene rings is 1. The quantitative estimate of drug-likeness (QED) is 0.628. The normalized spacial score (nSPS) is 16.4. The second-order valence-electron chi connectivity index (χ2n) is 7.25. The molecule has 8 nitrogen and oxygen atoms in total. The predicted octanol–water partition coefficient (Wildman–Crippen LogP) is 1.72. The highest BCUT2D eigenvalue weighted by Crippen LogP contribution is 2.23. The maximum absolute atomic E-state index is 10.3. The van der Waals surface area contributed by atoms with Crippen LogP contribution in [0.2, 0.25) is 5.02 Å². The summed E-state index contributed by atoms with van der Waals surface area (Å²) in [5, 5.41) is 16.3. The SMILES string of the molecule is Cn1ncc2c(N3CCN(C[C@@H](O)COCc4ccccc4Cl)CC3)ncnc21. The van der Waals surface area contributed by atoms with Crippen molar-refractivity contribution in [2.45, 2.75) is 12.7 Å². The third-order valence-electron chi connectivity index (χ3n) is 5.17. The van der Waals surface area contributed by atoms with Crippen molar-refractivity contribution in [1.29, 1.82) is 0 Å². The predicted molar refractivity (Wildman–Crippen MR) is 112 cm³/mol. The van der Waals surface area contributed by atoms with Gasteiger partial charge in [0.15, 0.2) is 5.65 Å². The van der Waals surface area contributed by atoms with Crippen molar-refractivity contribution in [3.63, 3.8) is 0 Å². The minimum absolute atomic E-state index is 0.285. The van der Waals surface area contributed by atoms with Crippen LogP contribution in [-0.2, 0) is 18.4 Å². The lowest BCUT2D eigenvalue weighted by Gasteiger charge is -2.36. The maximum atomic E-state index is 10.3. The van der Waals surface area contributed by atoms with E-state index in [2.05, 4.69) is 24.9 Å². The largest absolute Gasteiger partial charge is 0.389 e. The van der Waals surface area contributed by atoms with E-state index in [1.807, 2.05) is 37.5 Å². The standard InChI is InChI=1S/C20H25ClN6O2/c1-25-19-17(10-24-25)20(23-14-22-19)27-8-6-26(7-9-27)11-16(28)13-29-12-15-4-2-3-5-18(15)21/h2-5,10,14,16,28H,6-9,11-13H2,1H3/t16-/m1/s1. The molecule has 3 heterocycles. The first-order chi connectivity index (χ1) is 14.1. The first-order valence-corrected chi connectivity index (χ1v) is 10.1. The number of anilines is 1. The molecule has 0 unspecified atom stereocenters. The molecule has 154 valence electrons. The summed E-state index contributed by atoms with van der Waals surface area (Å²) < 4.78 is 7.41. The van der Waals surface area contributed by atoms with Crippen LogP contribution in [0.4, 0.5) is 5.82 Å². The lowest BCUT2D eigenvalue weighted by atomic mass is 10.2. The van der Waals surface area contributed by atoms with Crippen molar-refractivity contribution in [1.82, 2.24) is 24.6 Å². The molecule has 2 aromatic heterocycles. The van der Waals surface area contributed by atoms with Crippen LogP contribution in [0.25, 0.3) is 11.0 Å². The Morgan fingerprint density at radius 1 is 1.17 bits per heavy atom. The Labute approximate surface area is 174 Å². The molecule has 0 spiro atoms. The molecule has 0 radical (unpaired) electrons. The van der Waals surface area contributed by atoms with Crippen LogP contribution in [0.15, 0.2) is 36.8 Å². The minimum Gasteiger partial charge on any atom is -0.389 e. The molecule has 1 fully saturated rings. The lowest BCUT2D eigenvalue weighted by molar-refractivity contribution is 0.00915. The molecule has 0 amide bonds. The first kappa shape index (κ1) is 20.0. The smallest absolute Gasteiger partial charge is 0.163 e. The van der Waals surface area contributed by atoms with Crippen LogP contribution >= 0.6 is 11.6 Å². The van der Waals surface area contributed by atoms with Crippen LogP contribution in [0, 0.1) is 0 Å². The number of hydrogen-bond acceptors (Lipinski definition) is 7. The van der Waals surface area contributed by atoms with E-state index >= 15 is 0 Å². The molecule has 4 rings (SSSR count). The van der Waals surface area contributed by atoms with Crippen LogP contribution in [0.5, 0.6) is 0 Å². The Hall–Kier alpha value is -2.26. The maximum Gasteiger partial charge on any atom is 0.163 e. The fourth-order valence-electron chi connectivity index (χ4n) is 3.62. The van der Waals surface area contributed by atoms with Crippen molar-refractivity contribution in [2.24, 2.45) is 7.05 Å². The van der Waals surface area contributed by atoms with Crippen LogP contribution < -0.4 is 4.90 Å². The highest BCUT2D eigenvalue weighted by Gasteiger charge is 2.22. The average Bonchev–Trinajstić information content (AvgIpc) is 3.11. The molecule has 0 saturated carbocycles. The Kier molecular flexibility index (Phi) is 6.25. The molecule has 29 heavy (non-hydrogen) atoms. The van der Waals surface area contributed by atoms with Crippen molar-refractivity contribution in [3.8, 4) is 0 Å². The van der Waals surface area contributed by atoms with Gasteiger partial charge in [0, 0.05) is 44.8 Å². The van der Waals surface area contributed by atoms with Crippen molar-refractivity contribution >= 4 is 28.5 Å². The van der Waals surface area contributed by atoms with E-state index in [9.17, 15) is 5.11 Å². The number of hydrogen-bond donors (Lipinski definition) is 1. The zero-order valence-electron chi connectivity index (χ0n) is 16.4. The average molecular weight is 417 g/mol. The summed E-state index contributed by atoms with van der Waals surface area (Å²) in [7, 11) is 1.88. The fourth-order valence-corrected chi connectivity index (χ4v) is 3.81. The number of halogens is 1. The van der Waals surface area contributed by atoms with Gasteiger partial charge in [0.2, 0.25) is 0 Å². The molecule has 0 bridgehead atoms. The van der Waals surface area contributed by atoms with Gasteiger partial charge in [-0.2, -0.15) is 5.10 Å². The monoisotopic (exact) mass is 416 g/mol. The minimum atomic E-state index is -0.534. The van der Waals surface area contributed by atoms with Gasteiger partial charge in [-0.25, -0.2) is 9.97 Å². The highest BCUT2D eigenvalue weighted by molar-refractivity contribution is 6.31. The van der Waals surface area contributed by atoms with E-state index in [4.69, 9.17) is 16.3 Å². The number of nitrogens with zero attached hydrogens (tertiary/aromatic N) is 6. The van der Waals surface area contributed by atoms with E-state index in [0.717, 1.165) is 48.6 Å². The second-order valence-corrected chi connectivity index (χ2v) is 7.66. The van der Waals surface area contributed by atoms with E-state index in [-0.39, 0.29) is 6.61 Å². The highest BCUT2D eigenvalue weighted by atomic mass is 35.5. The van der Waals surface area contributed by atoms with E-state index in [1.54, 1.807) is 11.0 Å². The van der Waals surface area contributed by atoms with Crippen molar-refractivity contribution < 1.29 is 9.84 Å². The molecule has 1 saturated heterocycles. The van der Waals surface area contributed by atoms with Gasteiger partial charge in [0.05, 0.1) is 30.9 Å². The van der Waals surface area contributed by atoms with Crippen molar-refractivity contribution in [3.05, 3.63) is 47.4 Å². The Morgan fingerprint density at radius 3 is 2.76 bits per heavy atom. The Bertz CT molecular complexity index is 957. The number of ether oxygens (including phenoxy) is 1. The zero-order chi connectivity index (χ0) is 20.2. The first-order valence-electron chi connectivity index (χ1n) is 9.71. The number of aliphatic hydroxyl groups is 1. The van der Waals surface area contributed by atoms with Crippen LogP contribution in [0.1, 0.15) is 5.56 Å². The van der Waals surface area contributed by atoms with Crippen molar-refractivity contribution in [2.75, 3.05) is 44.2 Å². The van der Waals surface area contributed by atoms with Gasteiger partial charge in [-0.3, -0.25) is 9.58 Å². The van der Waals surface area contributed by atoms with E-state index in [1.165, 1.54) is 0 Å². The number of piperazine rings is 1. The number of fused-ring (bicyclic) bond motifs is 1. The fraction of sp³-hybridized carbons (Fsp3) is 0.450. The third-order valence-corrected chi connectivity index (χ3v) is 5.54. The molecule has 9 heteroatoms. The topological polar surface area (TPSA) is 79.5 Å². The number of aromatic nitrogens is 4. The summed E-state index contributed by atoms with van der Waals surface area (Å²) in [5.41, 5.74) is 1.77. The summed E-state index contributed by atoms with van der Waals surface area (Å²) in [6.07, 6.45) is 2.87. The van der Waals surface area contributed by atoms with Gasteiger partial charge in [-0.15, -0.1) is 0 Å². The lowest BCUT2D eigenvalue weighted by Crippen LogP contribution is -2.49. The number of β-amino-alcohol motifs (C(OH)–C–C–N with tert-alkyl or cyclic N) is 1. The summed E-state index contributed by atoms with van der Waals surface area (Å²) in [6, 6.07) is 7.59. The Morgan fingerprint density at radius 2 is 1.97 bits per heavy atom. The molecule has 1 aromatic carbocycles.